The van der Waals surface area contributed by atoms with Crippen LogP contribution >= 0.6 is 0 Å². The molecule has 0 spiro atoms. The normalized spacial score (nSPS) is 15.6. The molecule has 2 aromatic carbocycles. The van der Waals surface area contributed by atoms with Crippen LogP contribution in [-0.4, -0.2) is 82.7 Å². The van der Waals surface area contributed by atoms with E-state index in [1.54, 1.807) is 27.5 Å². The third-order valence-corrected chi connectivity index (χ3v) is 6.73. The van der Waals surface area contributed by atoms with Gasteiger partial charge in [0.2, 0.25) is 0 Å². The molecule has 9 heteroatoms. The molecule has 9 nitrogen and oxygen atoms in total. The number of ether oxygens (including phenoxy) is 2. The lowest BCUT2D eigenvalue weighted by atomic mass is 9.98. The molecule has 3 rings (SSSR count). The lowest BCUT2D eigenvalue weighted by Crippen LogP contribution is -2.47. The van der Waals surface area contributed by atoms with Crippen LogP contribution in [0.25, 0.3) is 5.57 Å². The zero-order valence-corrected chi connectivity index (χ0v) is 22.5. The number of carbonyl (C=O) groups is 1. The van der Waals surface area contributed by atoms with E-state index in [1.807, 2.05) is 38.1 Å². The first-order valence-electron chi connectivity index (χ1n) is 12.5. The number of amides is 1. The van der Waals surface area contributed by atoms with Gasteiger partial charge in [-0.25, -0.2) is 0 Å². The van der Waals surface area contributed by atoms with E-state index in [0.29, 0.717) is 29.2 Å². The summed E-state index contributed by atoms with van der Waals surface area (Å²) in [6.07, 6.45) is 3.12. The monoisotopic (exact) mass is 509 g/mol. The Morgan fingerprint density at radius 1 is 1.16 bits per heavy atom. The van der Waals surface area contributed by atoms with E-state index in [2.05, 4.69) is 26.2 Å². The molecule has 1 amide bonds. The number of anilines is 1. The standard InChI is InChI=1S/C28H39N5O4/c1-19-6-7-23(33-10-8-32(9-11-33)12-13-34)16-24(19)28(35)31-20(2)21-14-25(22(17-29)18-30-3)27(37-5)26(15-21)36-4/h6-7,14-18,20,34H,8-13,29H2,1-5H3,(H,31,35)/b22-17+,30-18?. The molecule has 2 aromatic rings. The predicted octanol–water partition coefficient (Wildman–Crippen LogP) is 2.62. The Morgan fingerprint density at radius 2 is 1.89 bits per heavy atom. The van der Waals surface area contributed by atoms with Crippen molar-refractivity contribution in [1.82, 2.24) is 10.2 Å². The van der Waals surface area contributed by atoms with E-state index in [1.165, 1.54) is 6.20 Å². The molecule has 1 saturated heterocycles. The lowest BCUT2D eigenvalue weighted by molar-refractivity contribution is 0.0939. The summed E-state index contributed by atoms with van der Waals surface area (Å²) in [6, 6.07) is 9.50. The van der Waals surface area contributed by atoms with Crippen LogP contribution in [0.3, 0.4) is 0 Å². The fourth-order valence-electron chi connectivity index (χ4n) is 4.57. The first-order valence-corrected chi connectivity index (χ1v) is 12.5. The number of nitrogens with zero attached hydrogens (tertiary/aromatic N) is 3. The Morgan fingerprint density at radius 3 is 2.49 bits per heavy atom. The summed E-state index contributed by atoms with van der Waals surface area (Å²) >= 11 is 0. The van der Waals surface area contributed by atoms with Crippen LogP contribution in [0.5, 0.6) is 11.5 Å². The molecular formula is C28H39N5O4. The molecule has 1 aliphatic rings. The van der Waals surface area contributed by atoms with Gasteiger partial charge in [0, 0.05) is 74.6 Å². The van der Waals surface area contributed by atoms with Crippen molar-refractivity contribution in [2.24, 2.45) is 10.7 Å². The van der Waals surface area contributed by atoms with Crippen molar-refractivity contribution in [2.75, 3.05) is 65.5 Å². The fraction of sp³-hybridized carbons (Fsp3) is 0.429. The molecule has 1 unspecified atom stereocenters. The van der Waals surface area contributed by atoms with Gasteiger partial charge in [0.25, 0.3) is 5.91 Å². The van der Waals surface area contributed by atoms with Gasteiger partial charge in [0.05, 0.1) is 26.9 Å². The van der Waals surface area contributed by atoms with Gasteiger partial charge in [0.1, 0.15) is 0 Å². The van der Waals surface area contributed by atoms with Crippen molar-refractivity contribution in [3.05, 3.63) is 58.8 Å². The zero-order valence-electron chi connectivity index (χ0n) is 22.5. The van der Waals surface area contributed by atoms with E-state index in [9.17, 15) is 9.90 Å². The Labute approximate surface area is 219 Å². The van der Waals surface area contributed by atoms with Crippen LogP contribution in [0.1, 0.15) is 40.0 Å². The summed E-state index contributed by atoms with van der Waals surface area (Å²) in [6.45, 7) is 8.22. The zero-order chi connectivity index (χ0) is 26.9. The fourth-order valence-corrected chi connectivity index (χ4v) is 4.57. The van der Waals surface area contributed by atoms with Crippen LogP contribution < -0.4 is 25.4 Å². The number of piperazine rings is 1. The minimum absolute atomic E-state index is 0.146. The number of benzene rings is 2. The largest absolute Gasteiger partial charge is 0.493 e. The molecule has 200 valence electrons. The topological polar surface area (TPSA) is 113 Å². The number of methoxy groups -OCH3 is 2. The van der Waals surface area contributed by atoms with Crippen LogP contribution in [-0.2, 0) is 0 Å². The van der Waals surface area contributed by atoms with Gasteiger partial charge >= 0.3 is 0 Å². The van der Waals surface area contributed by atoms with Crippen molar-refractivity contribution in [1.29, 1.82) is 0 Å². The first-order chi connectivity index (χ1) is 17.9. The van der Waals surface area contributed by atoms with Crippen molar-refractivity contribution < 1.29 is 19.4 Å². The predicted molar refractivity (Wildman–Crippen MR) is 149 cm³/mol. The molecule has 0 saturated carbocycles. The van der Waals surface area contributed by atoms with Crippen molar-refractivity contribution in [3.63, 3.8) is 0 Å². The molecule has 0 aliphatic carbocycles. The van der Waals surface area contributed by atoms with E-state index >= 15 is 0 Å². The number of carbonyl (C=O) groups excluding carboxylic acids is 1. The summed E-state index contributed by atoms with van der Waals surface area (Å²) < 4.78 is 11.2. The number of nitrogens with two attached hydrogens (primary N) is 1. The average molecular weight is 510 g/mol. The number of aliphatic hydroxyl groups is 1. The summed E-state index contributed by atoms with van der Waals surface area (Å²) in [5, 5.41) is 12.3. The number of aryl methyl sites for hydroxylation is 1. The Hall–Kier alpha value is -3.56. The quantitative estimate of drug-likeness (QED) is 0.422. The summed E-state index contributed by atoms with van der Waals surface area (Å²) in [4.78, 5) is 22.0. The minimum atomic E-state index is -0.311. The lowest BCUT2D eigenvalue weighted by Gasteiger charge is -2.36. The van der Waals surface area contributed by atoms with Gasteiger partial charge in [-0.05, 0) is 49.2 Å². The van der Waals surface area contributed by atoms with Gasteiger partial charge in [-0.15, -0.1) is 0 Å². The van der Waals surface area contributed by atoms with E-state index < -0.39 is 0 Å². The highest BCUT2D eigenvalue weighted by atomic mass is 16.5. The van der Waals surface area contributed by atoms with Gasteiger partial charge in [0.15, 0.2) is 11.5 Å². The minimum Gasteiger partial charge on any atom is -0.493 e. The maximum Gasteiger partial charge on any atom is 0.252 e. The number of aliphatic imine (C=N–C) groups is 1. The maximum atomic E-state index is 13.4. The van der Waals surface area contributed by atoms with Crippen molar-refractivity contribution in [3.8, 4) is 11.5 Å². The molecule has 1 heterocycles. The molecule has 1 atom stereocenters. The van der Waals surface area contributed by atoms with Gasteiger partial charge in [-0.2, -0.15) is 0 Å². The Balaban J connectivity index is 1.84. The summed E-state index contributed by atoms with van der Waals surface area (Å²) in [5.74, 6) is 0.939. The smallest absolute Gasteiger partial charge is 0.252 e. The molecule has 37 heavy (non-hydrogen) atoms. The number of β-amino-alcohol motifs (C(OH)–C–C–N with tert-alkyl or cyclic N) is 1. The molecule has 1 aliphatic heterocycles. The van der Waals surface area contributed by atoms with Gasteiger partial charge in [-0.1, -0.05) is 6.07 Å². The van der Waals surface area contributed by atoms with Crippen LogP contribution in [0.4, 0.5) is 5.69 Å². The highest BCUT2D eigenvalue weighted by molar-refractivity contribution is 6.11. The van der Waals surface area contributed by atoms with Crippen LogP contribution in [0.2, 0.25) is 0 Å². The molecule has 0 bridgehead atoms. The third kappa shape index (κ3) is 6.61. The number of rotatable bonds is 10. The number of hydrogen-bond acceptors (Lipinski definition) is 8. The molecular weight excluding hydrogens is 470 g/mol. The first kappa shape index (κ1) is 28.0. The summed E-state index contributed by atoms with van der Waals surface area (Å²) in [5.41, 5.74) is 10.7. The number of aliphatic hydroxyl groups excluding tert-OH is 1. The molecule has 0 radical (unpaired) electrons. The number of hydrogen-bond donors (Lipinski definition) is 3. The highest BCUT2D eigenvalue weighted by Gasteiger charge is 2.22. The van der Waals surface area contributed by atoms with E-state index in [0.717, 1.165) is 48.6 Å². The van der Waals surface area contributed by atoms with Crippen LogP contribution in [0.15, 0.2) is 41.5 Å². The van der Waals surface area contributed by atoms with E-state index in [4.69, 9.17) is 15.2 Å². The maximum absolute atomic E-state index is 13.4. The molecule has 1 fully saturated rings. The van der Waals surface area contributed by atoms with Gasteiger partial charge in [-0.3, -0.25) is 14.7 Å². The number of nitrogens with one attached hydrogen (secondary N) is 1. The van der Waals surface area contributed by atoms with Crippen molar-refractivity contribution >= 4 is 23.4 Å². The van der Waals surface area contributed by atoms with Gasteiger partial charge < -0.3 is 30.5 Å². The van der Waals surface area contributed by atoms with Crippen LogP contribution in [0, 0.1) is 6.92 Å². The Kier molecular flexibility index (Phi) is 9.93. The molecule has 0 aromatic heterocycles. The summed E-state index contributed by atoms with van der Waals surface area (Å²) in [7, 11) is 4.82. The SMILES string of the molecule is CN=C/C(=C\N)c1cc(C(C)NC(=O)c2cc(N3CCN(CCO)CC3)ccc2C)cc(OC)c1OC. The number of allylic oxidation sites excluding steroid dienone is 1. The Bertz CT molecular complexity index is 1140. The average Bonchev–Trinajstić information content (AvgIpc) is 2.91. The third-order valence-electron chi connectivity index (χ3n) is 6.73. The van der Waals surface area contributed by atoms with E-state index in [-0.39, 0.29) is 18.6 Å². The second-order valence-electron chi connectivity index (χ2n) is 9.06. The molecule has 4 N–H and O–H groups in total. The highest BCUT2D eigenvalue weighted by Crippen LogP contribution is 2.37. The second kappa shape index (κ2) is 13.1. The second-order valence-corrected chi connectivity index (χ2v) is 9.06. The van der Waals surface area contributed by atoms with Crippen molar-refractivity contribution in [2.45, 2.75) is 19.9 Å².